The van der Waals surface area contributed by atoms with Gasteiger partial charge >= 0.3 is 18.0 Å². The van der Waals surface area contributed by atoms with Crippen LogP contribution < -0.4 is 21.1 Å². The largest absolute Gasteiger partial charge is 0.477 e. The van der Waals surface area contributed by atoms with Gasteiger partial charge in [-0.25, -0.2) is 29.6 Å². The smallest absolute Gasteiger partial charge is 0.434 e. The molecule has 38 heavy (non-hydrogen) atoms. The average Bonchev–Trinajstić information content (AvgIpc) is 3.54. The van der Waals surface area contributed by atoms with E-state index in [-0.39, 0.29) is 33.7 Å². The van der Waals surface area contributed by atoms with Crippen LogP contribution in [0.1, 0.15) is 32.4 Å². The van der Waals surface area contributed by atoms with Crippen molar-refractivity contribution in [3.63, 3.8) is 0 Å². The summed E-state index contributed by atoms with van der Waals surface area (Å²) in [6.45, 7) is 4.45. The lowest BCUT2D eigenvalue weighted by Crippen LogP contribution is -2.28. The van der Waals surface area contributed by atoms with Crippen molar-refractivity contribution in [2.45, 2.75) is 32.9 Å². The number of nitrogens with zero attached hydrogens (tertiary/aromatic N) is 4. The summed E-state index contributed by atoms with van der Waals surface area (Å²) in [5.74, 6) is -0.594. The van der Waals surface area contributed by atoms with Gasteiger partial charge in [-0.2, -0.15) is 13.2 Å². The lowest BCUT2D eigenvalue weighted by molar-refractivity contribution is -0.140. The van der Waals surface area contributed by atoms with Gasteiger partial charge in [0.1, 0.15) is 16.4 Å². The van der Waals surface area contributed by atoms with E-state index < -0.39 is 23.7 Å². The molecular formula is C23H22F3N7O4S. The molecule has 0 radical (unpaired) electrons. The number of urea groups is 1. The number of halogens is 3. The Labute approximate surface area is 217 Å². The third kappa shape index (κ3) is 6.16. The standard InChI is InChI=1S/C23H22F3N7O4S/c1-3-5-6-36-18-14(19-32-33-22(35)37-19)7-12(9-29-18)15-10-28-17(31-21(34)27-4-2)8-13(15)20-30-16(11-38-20)23(24,25)26/h7-11H,3-6H2,1-2H3,(H,33,35)(H2,27,28,31,34). The van der Waals surface area contributed by atoms with E-state index in [0.29, 0.717) is 24.3 Å². The number of hydrogen-bond acceptors (Lipinski definition) is 9. The summed E-state index contributed by atoms with van der Waals surface area (Å²) in [5.41, 5.74) is 0.242. The minimum Gasteiger partial charge on any atom is -0.477 e. The van der Waals surface area contributed by atoms with E-state index in [2.05, 4.69) is 35.8 Å². The van der Waals surface area contributed by atoms with Crippen molar-refractivity contribution >= 4 is 23.2 Å². The van der Waals surface area contributed by atoms with E-state index in [1.807, 2.05) is 6.92 Å². The van der Waals surface area contributed by atoms with Crippen molar-refractivity contribution in [3.05, 3.63) is 46.2 Å². The van der Waals surface area contributed by atoms with E-state index in [0.717, 1.165) is 29.6 Å². The predicted molar refractivity (Wildman–Crippen MR) is 133 cm³/mol. The number of carbonyl (C=O) groups excluding carboxylic acids is 1. The van der Waals surface area contributed by atoms with Crippen LogP contribution in [0.25, 0.3) is 33.2 Å². The maximum absolute atomic E-state index is 13.3. The SMILES string of the molecule is CCCCOc1ncc(-c2cnc(NC(=O)NCC)cc2-c2nc(C(F)(F)F)cs2)cc1-c1n[nH]c(=O)o1. The normalized spacial score (nSPS) is 11.4. The highest BCUT2D eigenvalue weighted by Crippen LogP contribution is 2.40. The van der Waals surface area contributed by atoms with E-state index >= 15 is 0 Å². The third-order valence-corrected chi connectivity index (χ3v) is 5.95. The molecule has 2 amide bonds. The Morgan fingerprint density at radius 1 is 1.16 bits per heavy atom. The molecule has 0 spiro atoms. The minimum atomic E-state index is -4.63. The molecule has 3 N–H and O–H groups in total. The Balaban J connectivity index is 1.83. The number of anilines is 1. The first kappa shape index (κ1) is 26.8. The second-order valence-electron chi connectivity index (χ2n) is 7.83. The van der Waals surface area contributed by atoms with Crippen molar-refractivity contribution in [1.29, 1.82) is 0 Å². The number of pyridine rings is 2. The summed E-state index contributed by atoms with van der Waals surface area (Å²) in [6, 6.07) is 2.46. The molecule has 0 saturated heterocycles. The molecule has 0 aliphatic rings. The highest BCUT2D eigenvalue weighted by atomic mass is 32.1. The van der Waals surface area contributed by atoms with Gasteiger partial charge in [0.2, 0.25) is 5.88 Å². The molecule has 0 fully saturated rings. The summed E-state index contributed by atoms with van der Waals surface area (Å²) in [7, 11) is 0. The number of carbonyl (C=O) groups is 1. The second-order valence-corrected chi connectivity index (χ2v) is 8.69. The summed E-state index contributed by atoms with van der Waals surface area (Å²) >= 11 is 0.787. The molecule has 0 unspecified atom stereocenters. The van der Waals surface area contributed by atoms with Crippen LogP contribution in [0.2, 0.25) is 0 Å². The van der Waals surface area contributed by atoms with Crippen molar-refractivity contribution in [2.75, 3.05) is 18.5 Å². The van der Waals surface area contributed by atoms with Crippen LogP contribution in [0.5, 0.6) is 5.88 Å². The van der Waals surface area contributed by atoms with Crippen LogP contribution in [0.3, 0.4) is 0 Å². The topological polar surface area (TPSA) is 148 Å². The average molecular weight is 550 g/mol. The molecule has 4 heterocycles. The zero-order chi connectivity index (χ0) is 27.3. The molecule has 11 nitrogen and oxygen atoms in total. The van der Waals surface area contributed by atoms with Gasteiger partial charge in [0, 0.05) is 41.0 Å². The Morgan fingerprint density at radius 2 is 1.97 bits per heavy atom. The van der Waals surface area contributed by atoms with Crippen LogP contribution in [0, 0.1) is 0 Å². The summed E-state index contributed by atoms with van der Waals surface area (Å²) in [6.07, 6.45) is -0.166. The van der Waals surface area contributed by atoms with Crippen LogP contribution in [-0.4, -0.2) is 44.3 Å². The number of alkyl halides is 3. The quantitative estimate of drug-likeness (QED) is 0.249. The fraction of sp³-hybridized carbons (Fsp3) is 0.304. The lowest BCUT2D eigenvalue weighted by Gasteiger charge is -2.13. The predicted octanol–water partition coefficient (Wildman–Crippen LogP) is 4.95. The number of H-pyrrole nitrogens is 1. The summed E-state index contributed by atoms with van der Waals surface area (Å²) in [4.78, 5) is 35.9. The number of nitrogens with one attached hydrogen (secondary N) is 3. The zero-order valence-corrected chi connectivity index (χ0v) is 21.0. The fourth-order valence-corrected chi connectivity index (χ4v) is 4.16. The molecule has 0 aromatic carbocycles. The molecule has 15 heteroatoms. The van der Waals surface area contributed by atoms with Crippen molar-refractivity contribution in [3.8, 4) is 39.0 Å². The maximum Gasteiger partial charge on any atom is 0.434 e. The van der Waals surface area contributed by atoms with Crippen LogP contribution >= 0.6 is 11.3 Å². The van der Waals surface area contributed by atoms with Gasteiger partial charge in [-0.1, -0.05) is 13.3 Å². The molecule has 0 atom stereocenters. The Kier molecular flexibility index (Phi) is 8.05. The van der Waals surface area contributed by atoms with Gasteiger partial charge < -0.3 is 14.5 Å². The molecule has 0 saturated carbocycles. The Hall–Kier alpha value is -4.27. The maximum atomic E-state index is 13.3. The number of amides is 2. The van der Waals surface area contributed by atoms with Crippen molar-refractivity contribution in [1.82, 2.24) is 30.5 Å². The minimum absolute atomic E-state index is 0.0461. The Bertz CT molecular complexity index is 1480. The number of unbranched alkanes of at least 4 members (excludes halogenated alkanes) is 1. The van der Waals surface area contributed by atoms with Crippen LogP contribution in [0.4, 0.5) is 23.8 Å². The number of ether oxygens (including phenoxy) is 1. The van der Waals surface area contributed by atoms with Crippen molar-refractivity contribution < 1.29 is 27.1 Å². The number of hydrogen-bond donors (Lipinski definition) is 3. The van der Waals surface area contributed by atoms with Gasteiger partial charge in [0.05, 0.1) is 6.61 Å². The Morgan fingerprint density at radius 3 is 2.63 bits per heavy atom. The zero-order valence-electron chi connectivity index (χ0n) is 20.2. The number of aromatic amines is 1. The lowest BCUT2D eigenvalue weighted by atomic mass is 10.0. The first-order chi connectivity index (χ1) is 18.2. The summed E-state index contributed by atoms with van der Waals surface area (Å²) in [5, 5.41) is 12.1. The molecule has 200 valence electrons. The van der Waals surface area contributed by atoms with E-state index in [9.17, 15) is 22.8 Å². The molecule has 0 bridgehead atoms. The van der Waals surface area contributed by atoms with E-state index in [4.69, 9.17) is 9.15 Å². The number of aromatic nitrogens is 5. The monoisotopic (exact) mass is 549 g/mol. The van der Waals surface area contributed by atoms with Crippen LogP contribution in [0.15, 0.2) is 39.1 Å². The van der Waals surface area contributed by atoms with Crippen LogP contribution in [-0.2, 0) is 6.18 Å². The highest BCUT2D eigenvalue weighted by molar-refractivity contribution is 7.13. The first-order valence-corrected chi connectivity index (χ1v) is 12.3. The fourth-order valence-electron chi connectivity index (χ4n) is 3.31. The molecule has 4 aromatic heterocycles. The third-order valence-electron chi connectivity index (χ3n) is 5.08. The van der Waals surface area contributed by atoms with Gasteiger partial charge in [0.25, 0.3) is 5.89 Å². The highest BCUT2D eigenvalue weighted by Gasteiger charge is 2.34. The van der Waals surface area contributed by atoms with Gasteiger partial charge in [-0.05, 0) is 25.5 Å². The number of rotatable bonds is 9. The van der Waals surface area contributed by atoms with E-state index in [1.54, 1.807) is 13.0 Å². The second kappa shape index (κ2) is 11.4. The van der Waals surface area contributed by atoms with Crippen molar-refractivity contribution in [2.24, 2.45) is 0 Å². The van der Waals surface area contributed by atoms with Gasteiger partial charge in [-0.3, -0.25) is 5.32 Å². The van der Waals surface area contributed by atoms with Gasteiger partial charge in [0.15, 0.2) is 5.69 Å². The molecular weight excluding hydrogens is 527 g/mol. The molecule has 4 rings (SSSR count). The first-order valence-electron chi connectivity index (χ1n) is 11.5. The molecule has 0 aliphatic carbocycles. The van der Waals surface area contributed by atoms with Gasteiger partial charge in [-0.15, -0.1) is 16.4 Å². The number of thiazole rings is 1. The molecule has 0 aliphatic heterocycles. The summed E-state index contributed by atoms with van der Waals surface area (Å²) < 4.78 is 50.7. The molecule has 4 aromatic rings. The van der Waals surface area contributed by atoms with E-state index in [1.165, 1.54) is 18.5 Å².